The van der Waals surface area contributed by atoms with Gasteiger partial charge in [-0.2, -0.15) is 8.78 Å². The first-order valence-electron chi connectivity index (χ1n) is 5.98. The highest BCUT2D eigenvalue weighted by atomic mass is 19.2. The molecule has 0 aromatic heterocycles. The van der Waals surface area contributed by atoms with Crippen LogP contribution in [0.15, 0.2) is 12.1 Å². The van der Waals surface area contributed by atoms with Crippen molar-refractivity contribution in [3.8, 4) is 5.75 Å². The molecule has 0 amide bonds. The molecule has 0 unspecified atom stereocenters. The Labute approximate surface area is 122 Å². The van der Waals surface area contributed by atoms with Gasteiger partial charge < -0.3 is 4.74 Å². The van der Waals surface area contributed by atoms with Crippen LogP contribution < -0.4 is 15.7 Å². The van der Waals surface area contributed by atoms with Crippen molar-refractivity contribution in [3.63, 3.8) is 0 Å². The molecular formula is C14H8BF6O. The van der Waals surface area contributed by atoms with E-state index in [2.05, 4.69) is 4.74 Å². The standard InChI is InChI=1S/C14H8BF6O/c1-5-3-6(8(17)4-7(5)16)15-9-10(18)12(20)14(22-2)13(21)11(9)19/h3-4H,1-2H3. The largest absolute Gasteiger partial charge is 0.491 e. The van der Waals surface area contributed by atoms with Crippen molar-refractivity contribution in [2.24, 2.45) is 0 Å². The van der Waals surface area contributed by atoms with Gasteiger partial charge in [0.15, 0.2) is 17.4 Å². The minimum atomic E-state index is -1.74. The van der Waals surface area contributed by atoms with E-state index in [-0.39, 0.29) is 5.56 Å². The molecule has 0 atom stereocenters. The van der Waals surface area contributed by atoms with Gasteiger partial charge in [-0.3, -0.25) is 0 Å². The number of halogens is 6. The molecule has 0 spiro atoms. The van der Waals surface area contributed by atoms with Crippen molar-refractivity contribution in [1.82, 2.24) is 0 Å². The minimum Gasteiger partial charge on any atom is -0.491 e. The summed E-state index contributed by atoms with van der Waals surface area (Å²) in [5.41, 5.74) is -1.54. The van der Waals surface area contributed by atoms with E-state index in [1.807, 2.05) is 0 Å². The molecule has 0 N–H and O–H groups in total. The van der Waals surface area contributed by atoms with Crippen LogP contribution >= 0.6 is 0 Å². The summed E-state index contributed by atoms with van der Waals surface area (Å²) in [6.07, 6.45) is 0. The number of hydrogen-bond donors (Lipinski definition) is 0. The molecule has 22 heavy (non-hydrogen) atoms. The average Bonchev–Trinajstić information content (AvgIpc) is 2.47. The fourth-order valence-corrected chi connectivity index (χ4v) is 1.88. The quantitative estimate of drug-likeness (QED) is 0.480. The van der Waals surface area contributed by atoms with E-state index in [0.29, 0.717) is 13.3 Å². The highest BCUT2D eigenvalue weighted by Gasteiger charge is 2.27. The summed E-state index contributed by atoms with van der Waals surface area (Å²) in [5.74, 6) is -10.2. The summed E-state index contributed by atoms with van der Waals surface area (Å²) in [4.78, 5) is 0. The highest BCUT2D eigenvalue weighted by Crippen LogP contribution is 2.24. The van der Waals surface area contributed by atoms with Gasteiger partial charge in [-0.1, -0.05) is 6.07 Å². The normalized spacial score (nSPS) is 10.7. The molecule has 0 bridgehead atoms. The van der Waals surface area contributed by atoms with E-state index >= 15 is 0 Å². The molecule has 1 nitrogen and oxygen atoms in total. The monoisotopic (exact) mass is 317 g/mol. The molecule has 8 heteroatoms. The van der Waals surface area contributed by atoms with E-state index in [4.69, 9.17) is 0 Å². The molecule has 0 saturated carbocycles. The topological polar surface area (TPSA) is 9.23 Å². The number of methoxy groups -OCH3 is 1. The molecular weight excluding hydrogens is 309 g/mol. The molecule has 115 valence electrons. The molecule has 2 aromatic carbocycles. The molecule has 0 saturated heterocycles. The summed E-state index contributed by atoms with van der Waals surface area (Å²) in [7, 11) is 1.39. The Bertz CT molecular complexity index is 718. The van der Waals surface area contributed by atoms with Crippen LogP contribution in [-0.4, -0.2) is 14.4 Å². The van der Waals surface area contributed by atoms with Crippen molar-refractivity contribution in [2.45, 2.75) is 6.92 Å². The van der Waals surface area contributed by atoms with Crippen molar-refractivity contribution in [2.75, 3.05) is 7.11 Å². The second-order valence-electron chi connectivity index (χ2n) is 4.47. The second-order valence-corrected chi connectivity index (χ2v) is 4.47. The first kappa shape index (κ1) is 16.3. The number of rotatable bonds is 3. The van der Waals surface area contributed by atoms with Gasteiger partial charge in [0.05, 0.1) is 7.11 Å². The van der Waals surface area contributed by atoms with Crippen LogP contribution in [0.25, 0.3) is 0 Å². The lowest BCUT2D eigenvalue weighted by molar-refractivity contribution is 0.335. The maximum absolute atomic E-state index is 13.8. The number of hydrogen-bond acceptors (Lipinski definition) is 1. The van der Waals surface area contributed by atoms with Crippen LogP contribution in [-0.2, 0) is 0 Å². The highest BCUT2D eigenvalue weighted by molar-refractivity contribution is 6.67. The van der Waals surface area contributed by atoms with Crippen LogP contribution in [0.3, 0.4) is 0 Å². The molecule has 0 aliphatic carbocycles. The Morgan fingerprint density at radius 3 is 1.86 bits per heavy atom. The van der Waals surface area contributed by atoms with E-state index in [0.717, 1.165) is 13.2 Å². The molecule has 2 rings (SSSR count). The third kappa shape index (κ3) is 2.65. The third-order valence-corrected chi connectivity index (χ3v) is 3.04. The summed E-state index contributed by atoms with van der Waals surface area (Å²) in [5, 5.41) is 0. The lowest BCUT2D eigenvalue weighted by Gasteiger charge is -2.11. The van der Waals surface area contributed by atoms with Crippen LogP contribution in [0.1, 0.15) is 5.56 Å². The number of benzene rings is 2. The van der Waals surface area contributed by atoms with Gasteiger partial charge in [-0.25, -0.2) is 17.6 Å². The minimum absolute atomic E-state index is 0.00271. The zero-order chi connectivity index (χ0) is 16.6. The zero-order valence-corrected chi connectivity index (χ0v) is 11.4. The molecule has 0 aliphatic rings. The number of aryl methyl sites for hydroxylation is 1. The second kappa shape index (κ2) is 5.94. The lowest BCUT2D eigenvalue weighted by atomic mass is 9.63. The first-order chi connectivity index (χ1) is 10.3. The zero-order valence-electron chi connectivity index (χ0n) is 11.4. The summed E-state index contributed by atoms with van der Waals surface area (Å²) in [6, 6.07) is 1.47. The maximum Gasteiger partial charge on any atom is 0.203 e. The van der Waals surface area contributed by atoms with Gasteiger partial charge in [-0.05, 0) is 23.4 Å². The Kier molecular flexibility index (Phi) is 4.39. The van der Waals surface area contributed by atoms with E-state index in [1.165, 1.54) is 6.92 Å². The van der Waals surface area contributed by atoms with Crippen LogP contribution in [0, 0.1) is 41.8 Å². The maximum atomic E-state index is 13.8. The molecule has 1 radical (unpaired) electrons. The average molecular weight is 317 g/mol. The predicted molar refractivity (Wildman–Crippen MR) is 68.9 cm³/mol. The predicted octanol–water partition coefficient (Wildman–Crippen LogP) is 2.49. The Morgan fingerprint density at radius 2 is 1.36 bits per heavy atom. The summed E-state index contributed by atoms with van der Waals surface area (Å²) < 4.78 is 85.7. The first-order valence-corrected chi connectivity index (χ1v) is 5.98. The van der Waals surface area contributed by atoms with Gasteiger partial charge >= 0.3 is 0 Å². The Morgan fingerprint density at radius 1 is 0.818 bits per heavy atom. The smallest absolute Gasteiger partial charge is 0.203 e. The van der Waals surface area contributed by atoms with Crippen molar-refractivity contribution >= 4 is 18.2 Å². The molecule has 0 heterocycles. The number of ether oxygens (including phenoxy) is 1. The van der Waals surface area contributed by atoms with Gasteiger partial charge in [0.25, 0.3) is 0 Å². The SMILES string of the molecule is COc1c(F)c(F)c([B]c2cc(C)c(F)cc2F)c(F)c1F. The fourth-order valence-electron chi connectivity index (χ4n) is 1.88. The molecule has 0 fully saturated rings. The Hall–Kier alpha value is -2.12. The third-order valence-electron chi connectivity index (χ3n) is 3.04. The lowest BCUT2D eigenvalue weighted by Crippen LogP contribution is -2.36. The van der Waals surface area contributed by atoms with Crippen molar-refractivity contribution in [1.29, 1.82) is 0 Å². The Balaban J connectivity index is 2.58. The van der Waals surface area contributed by atoms with E-state index < -0.39 is 51.6 Å². The van der Waals surface area contributed by atoms with Crippen molar-refractivity contribution < 1.29 is 31.1 Å². The van der Waals surface area contributed by atoms with Gasteiger partial charge in [-0.15, -0.1) is 0 Å². The molecule has 0 aliphatic heterocycles. The van der Waals surface area contributed by atoms with E-state index in [1.54, 1.807) is 0 Å². The summed E-state index contributed by atoms with van der Waals surface area (Å²) >= 11 is 0. The van der Waals surface area contributed by atoms with Gasteiger partial charge in [0.2, 0.25) is 18.9 Å². The molecule has 2 aromatic rings. The van der Waals surface area contributed by atoms with Gasteiger partial charge in [0, 0.05) is 6.07 Å². The summed E-state index contributed by atoms with van der Waals surface area (Å²) in [6.45, 7) is 1.30. The van der Waals surface area contributed by atoms with Gasteiger partial charge in [0.1, 0.15) is 11.6 Å². The van der Waals surface area contributed by atoms with Crippen molar-refractivity contribution in [3.05, 3.63) is 52.6 Å². The van der Waals surface area contributed by atoms with Crippen LogP contribution in [0.5, 0.6) is 5.75 Å². The fraction of sp³-hybridized carbons (Fsp3) is 0.143. The van der Waals surface area contributed by atoms with E-state index in [9.17, 15) is 26.3 Å². The van der Waals surface area contributed by atoms with Crippen LogP contribution in [0.2, 0.25) is 0 Å². The van der Waals surface area contributed by atoms with Crippen LogP contribution in [0.4, 0.5) is 26.3 Å².